The van der Waals surface area contributed by atoms with E-state index in [1.165, 1.54) is 12.8 Å². The first-order valence-electron chi connectivity index (χ1n) is 5.20. The lowest BCUT2D eigenvalue weighted by Gasteiger charge is -2.15. The molecule has 2 N–H and O–H groups in total. The molecule has 0 spiro atoms. The quantitative estimate of drug-likeness (QED) is 0.679. The molecule has 0 aromatic heterocycles. The second-order valence-corrected chi connectivity index (χ2v) is 4.59. The van der Waals surface area contributed by atoms with Crippen molar-refractivity contribution in [3.63, 3.8) is 0 Å². The summed E-state index contributed by atoms with van der Waals surface area (Å²) in [5.41, 5.74) is 5.86. The maximum atomic E-state index is 11.7. The van der Waals surface area contributed by atoms with Gasteiger partial charge in [0, 0.05) is 25.6 Å². The second-order valence-electron chi connectivity index (χ2n) is 4.59. The van der Waals surface area contributed by atoms with Crippen LogP contribution in [-0.4, -0.2) is 29.9 Å². The summed E-state index contributed by atoms with van der Waals surface area (Å²) in [4.78, 5) is 13.6. The summed E-state index contributed by atoms with van der Waals surface area (Å²) < 4.78 is 0. The minimum Gasteiger partial charge on any atom is -0.341 e. The van der Waals surface area contributed by atoms with Crippen LogP contribution in [0.25, 0.3) is 0 Å². The summed E-state index contributed by atoms with van der Waals surface area (Å²) in [7, 11) is 0. The van der Waals surface area contributed by atoms with Crippen LogP contribution < -0.4 is 5.73 Å². The fraction of sp³-hybridized carbons (Fsp3) is 0.900. The van der Waals surface area contributed by atoms with Gasteiger partial charge in [0.1, 0.15) is 0 Å². The first-order chi connectivity index (χ1) is 6.16. The molecule has 2 aliphatic rings. The fourth-order valence-corrected chi connectivity index (χ4v) is 1.89. The van der Waals surface area contributed by atoms with Crippen LogP contribution in [-0.2, 0) is 4.79 Å². The summed E-state index contributed by atoms with van der Waals surface area (Å²) in [6, 6.07) is 0.197. The molecule has 0 bridgehead atoms. The molecule has 0 aromatic rings. The third-order valence-electron chi connectivity index (χ3n) is 3.18. The van der Waals surface area contributed by atoms with Gasteiger partial charge in [0.15, 0.2) is 0 Å². The molecule has 2 rings (SSSR count). The van der Waals surface area contributed by atoms with Crippen LogP contribution in [0, 0.1) is 11.8 Å². The molecule has 3 nitrogen and oxygen atoms in total. The van der Waals surface area contributed by atoms with Crippen molar-refractivity contribution >= 4 is 5.91 Å². The van der Waals surface area contributed by atoms with Crippen LogP contribution in [0.5, 0.6) is 0 Å². The molecule has 1 saturated carbocycles. The van der Waals surface area contributed by atoms with E-state index in [1.54, 1.807) is 0 Å². The van der Waals surface area contributed by atoms with E-state index >= 15 is 0 Å². The molecule has 1 aliphatic heterocycles. The van der Waals surface area contributed by atoms with E-state index in [1.807, 2.05) is 4.90 Å². The number of carbonyl (C=O) groups excluding carboxylic acids is 1. The standard InChI is InChI=1S/C10H18N2O/c1-7-5-12(6-9(7)11)10(13)4-8-2-3-8/h7-9H,2-6,11H2,1H3. The molecule has 0 aromatic carbocycles. The summed E-state index contributed by atoms with van der Waals surface area (Å²) in [6.45, 7) is 3.76. The van der Waals surface area contributed by atoms with Gasteiger partial charge in [0.25, 0.3) is 0 Å². The number of hydrogen-bond acceptors (Lipinski definition) is 2. The Kier molecular flexibility index (Phi) is 2.28. The van der Waals surface area contributed by atoms with Crippen LogP contribution >= 0.6 is 0 Å². The Morgan fingerprint density at radius 1 is 1.46 bits per heavy atom. The zero-order chi connectivity index (χ0) is 9.42. The van der Waals surface area contributed by atoms with E-state index < -0.39 is 0 Å². The highest BCUT2D eigenvalue weighted by molar-refractivity contribution is 5.77. The number of rotatable bonds is 2. The SMILES string of the molecule is CC1CN(C(=O)CC2CC2)CC1N. The molecule has 74 valence electrons. The minimum atomic E-state index is 0.197. The van der Waals surface area contributed by atoms with Crippen LogP contribution in [0.1, 0.15) is 26.2 Å². The highest BCUT2D eigenvalue weighted by Gasteiger charge is 2.32. The van der Waals surface area contributed by atoms with Crippen molar-refractivity contribution in [3.8, 4) is 0 Å². The lowest BCUT2D eigenvalue weighted by Crippen LogP contribution is -2.32. The largest absolute Gasteiger partial charge is 0.341 e. The van der Waals surface area contributed by atoms with E-state index in [-0.39, 0.29) is 6.04 Å². The number of likely N-dealkylation sites (tertiary alicyclic amines) is 1. The summed E-state index contributed by atoms with van der Waals surface area (Å²) in [6.07, 6.45) is 3.27. The number of nitrogens with two attached hydrogens (primary N) is 1. The number of carbonyl (C=O) groups is 1. The molecule has 1 amide bonds. The molecular formula is C10H18N2O. The Hall–Kier alpha value is -0.570. The summed E-state index contributed by atoms with van der Waals surface area (Å²) >= 11 is 0. The van der Waals surface area contributed by atoms with Crippen molar-refractivity contribution < 1.29 is 4.79 Å². The zero-order valence-electron chi connectivity index (χ0n) is 8.20. The average Bonchev–Trinajstić information content (AvgIpc) is 2.81. The monoisotopic (exact) mass is 182 g/mol. The van der Waals surface area contributed by atoms with Gasteiger partial charge < -0.3 is 10.6 Å². The molecule has 2 unspecified atom stereocenters. The smallest absolute Gasteiger partial charge is 0.222 e. The van der Waals surface area contributed by atoms with E-state index in [4.69, 9.17) is 5.73 Å². The zero-order valence-corrected chi connectivity index (χ0v) is 8.20. The maximum Gasteiger partial charge on any atom is 0.222 e. The van der Waals surface area contributed by atoms with E-state index in [2.05, 4.69) is 6.92 Å². The van der Waals surface area contributed by atoms with Gasteiger partial charge in [-0.2, -0.15) is 0 Å². The van der Waals surface area contributed by atoms with Gasteiger partial charge in [-0.05, 0) is 24.7 Å². The fourth-order valence-electron chi connectivity index (χ4n) is 1.89. The highest BCUT2D eigenvalue weighted by Crippen LogP contribution is 2.33. The van der Waals surface area contributed by atoms with Gasteiger partial charge in [-0.3, -0.25) is 4.79 Å². The summed E-state index contributed by atoms with van der Waals surface area (Å²) in [5.74, 6) is 1.49. The van der Waals surface area contributed by atoms with Gasteiger partial charge in [-0.1, -0.05) is 6.92 Å². The third kappa shape index (κ3) is 2.02. The van der Waals surface area contributed by atoms with Crippen molar-refractivity contribution in [2.24, 2.45) is 17.6 Å². The number of hydrogen-bond donors (Lipinski definition) is 1. The van der Waals surface area contributed by atoms with E-state index in [9.17, 15) is 4.79 Å². The average molecular weight is 182 g/mol. The lowest BCUT2D eigenvalue weighted by molar-refractivity contribution is -0.130. The molecule has 1 aliphatic carbocycles. The molecule has 2 atom stereocenters. The Bertz CT molecular complexity index is 203. The van der Waals surface area contributed by atoms with Crippen molar-refractivity contribution in [2.75, 3.05) is 13.1 Å². The molecule has 0 radical (unpaired) electrons. The molecule has 2 fully saturated rings. The van der Waals surface area contributed by atoms with E-state index in [0.29, 0.717) is 17.7 Å². The Morgan fingerprint density at radius 3 is 2.62 bits per heavy atom. The predicted octanol–water partition coefficient (Wildman–Crippen LogP) is 0.592. The number of amides is 1. The normalized spacial score (nSPS) is 33.8. The van der Waals surface area contributed by atoms with Crippen molar-refractivity contribution in [3.05, 3.63) is 0 Å². The summed E-state index contributed by atoms with van der Waals surface area (Å²) in [5, 5.41) is 0. The van der Waals surface area contributed by atoms with Crippen LogP contribution in [0.15, 0.2) is 0 Å². The topological polar surface area (TPSA) is 46.3 Å². The van der Waals surface area contributed by atoms with Gasteiger partial charge in [0.05, 0.1) is 0 Å². The van der Waals surface area contributed by atoms with Crippen LogP contribution in [0.3, 0.4) is 0 Å². The van der Waals surface area contributed by atoms with Gasteiger partial charge in [0.2, 0.25) is 5.91 Å². The Morgan fingerprint density at radius 2 is 2.15 bits per heavy atom. The first kappa shape index (κ1) is 9.00. The van der Waals surface area contributed by atoms with Crippen LogP contribution in [0.4, 0.5) is 0 Å². The van der Waals surface area contributed by atoms with Crippen molar-refractivity contribution in [1.29, 1.82) is 0 Å². The molecule has 1 saturated heterocycles. The van der Waals surface area contributed by atoms with Crippen LogP contribution in [0.2, 0.25) is 0 Å². The highest BCUT2D eigenvalue weighted by atomic mass is 16.2. The minimum absolute atomic E-state index is 0.197. The Balaban J connectivity index is 1.83. The van der Waals surface area contributed by atoms with Crippen molar-refractivity contribution in [2.45, 2.75) is 32.2 Å². The molecular weight excluding hydrogens is 164 g/mol. The molecule has 13 heavy (non-hydrogen) atoms. The van der Waals surface area contributed by atoms with Gasteiger partial charge in [-0.15, -0.1) is 0 Å². The van der Waals surface area contributed by atoms with Gasteiger partial charge >= 0.3 is 0 Å². The number of nitrogens with zero attached hydrogens (tertiary/aromatic N) is 1. The van der Waals surface area contributed by atoms with Crippen molar-refractivity contribution in [1.82, 2.24) is 4.90 Å². The second kappa shape index (κ2) is 3.29. The Labute approximate surface area is 79.3 Å². The molecule has 3 heteroatoms. The lowest BCUT2D eigenvalue weighted by atomic mass is 10.1. The maximum absolute atomic E-state index is 11.7. The predicted molar refractivity (Wildman–Crippen MR) is 51.1 cm³/mol. The van der Waals surface area contributed by atoms with Gasteiger partial charge in [-0.25, -0.2) is 0 Å². The van der Waals surface area contributed by atoms with E-state index in [0.717, 1.165) is 19.5 Å². The third-order valence-corrected chi connectivity index (χ3v) is 3.18. The molecule has 1 heterocycles. The first-order valence-corrected chi connectivity index (χ1v) is 5.20.